The normalized spacial score (nSPS) is 11.0. The number of phenolic OH excluding ortho intramolecular Hbond substituents is 1. The van der Waals surface area contributed by atoms with Crippen molar-refractivity contribution in [3.8, 4) is 28.9 Å². The van der Waals surface area contributed by atoms with E-state index < -0.39 is 0 Å². The maximum Gasteiger partial charge on any atom is 0.262 e. The highest BCUT2D eigenvalue weighted by Crippen LogP contribution is 2.35. The molecule has 2 aromatic carbocycles. The first-order chi connectivity index (χ1) is 10.3. The Hall–Kier alpha value is -3.22. The molecule has 2 heterocycles. The van der Waals surface area contributed by atoms with Gasteiger partial charge in [-0.15, -0.1) is 0 Å². The second-order valence-corrected chi connectivity index (χ2v) is 4.44. The van der Waals surface area contributed by atoms with Gasteiger partial charge in [0.2, 0.25) is 5.82 Å². The summed E-state index contributed by atoms with van der Waals surface area (Å²) in [5.41, 5.74) is 0.479. The van der Waals surface area contributed by atoms with Gasteiger partial charge in [0.25, 0.3) is 5.89 Å². The molecule has 0 aliphatic heterocycles. The third-order valence-electron chi connectivity index (χ3n) is 3.18. The number of benzene rings is 2. The van der Waals surface area contributed by atoms with Gasteiger partial charge in [0.15, 0.2) is 5.82 Å². The standard InChI is InChI=1S/C14H9N5O2/c20-11-9-4-2-1-3-8(9)5-6-10(11)14-17-13(19-21-14)12-15-7-16-18-12/h1-7,20H,(H,15,16,18). The van der Waals surface area contributed by atoms with Crippen LogP contribution < -0.4 is 0 Å². The number of hydrogen-bond acceptors (Lipinski definition) is 6. The quantitative estimate of drug-likeness (QED) is 0.584. The summed E-state index contributed by atoms with van der Waals surface area (Å²) in [6, 6.07) is 11.2. The van der Waals surface area contributed by atoms with Gasteiger partial charge in [-0.25, -0.2) is 4.98 Å². The average Bonchev–Trinajstić information content (AvgIpc) is 3.19. The number of aromatic nitrogens is 5. The van der Waals surface area contributed by atoms with E-state index >= 15 is 0 Å². The fourth-order valence-corrected chi connectivity index (χ4v) is 2.17. The second-order valence-electron chi connectivity index (χ2n) is 4.44. The van der Waals surface area contributed by atoms with Crippen molar-refractivity contribution in [1.82, 2.24) is 25.3 Å². The zero-order chi connectivity index (χ0) is 14.2. The molecule has 21 heavy (non-hydrogen) atoms. The molecule has 0 spiro atoms. The van der Waals surface area contributed by atoms with Crippen molar-refractivity contribution in [2.75, 3.05) is 0 Å². The summed E-state index contributed by atoms with van der Waals surface area (Å²) in [4.78, 5) is 8.17. The maximum atomic E-state index is 10.4. The third-order valence-corrected chi connectivity index (χ3v) is 3.18. The van der Waals surface area contributed by atoms with Crippen LogP contribution in [0.4, 0.5) is 0 Å². The third kappa shape index (κ3) is 1.83. The SMILES string of the molecule is Oc1c(-c2nc(-c3ncn[nH]3)no2)ccc2ccccc12. The van der Waals surface area contributed by atoms with Crippen LogP contribution >= 0.6 is 0 Å². The van der Waals surface area contributed by atoms with Crippen molar-refractivity contribution in [2.24, 2.45) is 0 Å². The fraction of sp³-hybridized carbons (Fsp3) is 0. The number of aromatic hydroxyl groups is 1. The highest BCUT2D eigenvalue weighted by molar-refractivity contribution is 5.93. The zero-order valence-corrected chi connectivity index (χ0v) is 10.7. The summed E-state index contributed by atoms with van der Waals surface area (Å²) in [6.07, 6.45) is 1.36. The number of nitrogens with one attached hydrogen (secondary N) is 1. The predicted octanol–water partition coefficient (Wildman–Crippen LogP) is 2.38. The van der Waals surface area contributed by atoms with E-state index in [2.05, 4.69) is 25.3 Å². The Morgan fingerprint density at radius 1 is 1.10 bits per heavy atom. The van der Waals surface area contributed by atoms with Gasteiger partial charge in [-0.05, 0) is 11.5 Å². The van der Waals surface area contributed by atoms with E-state index in [9.17, 15) is 5.11 Å². The van der Waals surface area contributed by atoms with E-state index in [1.807, 2.05) is 30.3 Å². The van der Waals surface area contributed by atoms with Crippen LogP contribution in [0.1, 0.15) is 0 Å². The molecule has 7 nitrogen and oxygen atoms in total. The van der Waals surface area contributed by atoms with E-state index in [4.69, 9.17) is 4.52 Å². The minimum Gasteiger partial charge on any atom is -0.506 e. The van der Waals surface area contributed by atoms with Crippen molar-refractivity contribution in [3.05, 3.63) is 42.7 Å². The molecule has 0 bridgehead atoms. The van der Waals surface area contributed by atoms with Crippen LogP contribution in [0.15, 0.2) is 47.2 Å². The number of aromatic amines is 1. The number of rotatable bonds is 2. The molecular weight excluding hydrogens is 270 g/mol. The van der Waals surface area contributed by atoms with Gasteiger partial charge in [0.05, 0.1) is 5.56 Å². The number of phenols is 1. The summed E-state index contributed by atoms with van der Waals surface area (Å²) in [5.74, 6) is 1.03. The topological polar surface area (TPSA) is 101 Å². The van der Waals surface area contributed by atoms with Gasteiger partial charge in [-0.2, -0.15) is 10.1 Å². The Morgan fingerprint density at radius 3 is 2.86 bits per heavy atom. The number of fused-ring (bicyclic) bond motifs is 1. The Balaban J connectivity index is 1.85. The van der Waals surface area contributed by atoms with Crippen molar-refractivity contribution in [1.29, 1.82) is 0 Å². The van der Waals surface area contributed by atoms with Crippen molar-refractivity contribution in [3.63, 3.8) is 0 Å². The first-order valence-corrected chi connectivity index (χ1v) is 6.23. The molecule has 0 atom stereocenters. The van der Waals surface area contributed by atoms with Crippen molar-refractivity contribution < 1.29 is 9.63 Å². The first-order valence-electron chi connectivity index (χ1n) is 6.23. The first kappa shape index (κ1) is 11.6. The Bertz CT molecular complexity index is 914. The number of hydrogen-bond donors (Lipinski definition) is 2. The molecule has 0 aliphatic carbocycles. The summed E-state index contributed by atoms with van der Waals surface area (Å²) >= 11 is 0. The highest BCUT2D eigenvalue weighted by Gasteiger charge is 2.16. The van der Waals surface area contributed by atoms with Gasteiger partial charge in [-0.1, -0.05) is 35.5 Å². The fourth-order valence-electron chi connectivity index (χ4n) is 2.17. The largest absolute Gasteiger partial charge is 0.506 e. The Labute approximate surface area is 118 Å². The lowest BCUT2D eigenvalue weighted by Gasteiger charge is -2.04. The lowest BCUT2D eigenvalue weighted by Crippen LogP contribution is -1.84. The monoisotopic (exact) mass is 279 g/mol. The molecule has 2 aromatic heterocycles. The molecule has 0 saturated carbocycles. The summed E-state index contributed by atoms with van der Waals surface area (Å²) < 4.78 is 5.20. The van der Waals surface area contributed by atoms with Crippen LogP contribution in [0, 0.1) is 0 Å². The van der Waals surface area contributed by atoms with Gasteiger partial charge >= 0.3 is 0 Å². The average molecular weight is 279 g/mol. The number of nitrogens with zero attached hydrogens (tertiary/aromatic N) is 4. The van der Waals surface area contributed by atoms with Gasteiger partial charge in [0.1, 0.15) is 12.1 Å². The number of H-pyrrole nitrogens is 1. The van der Waals surface area contributed by atoms with Crippen molar-refractivity contribution >= 4 is 10.8 Å². The minimum atomic E-state index is 0.112. The van der Waals surface area contributed by atoms with Gasteiger partial charge < -0.3 is 9.63 Å². The predicted molar refractivity (Wildman–Crippen MR) is 74.3 cm³/mol. The second kappa shape index (κ2) is 4.41. The summed E-state index contributed by atoms with van der Waals surface area (Å²) in [7, 11) is 0. The molecule has 102 valence electrons. The molecule has 0 unspecified atom stereocenters. The molecular formula is C14H9N5O2. The van der Waals surface area contributed by atoms with Gasteiger partial charge in [0, 0.05) is 5.39 Å². The minimum absolute atomic E-state index is 0.112. The lowest BCUT2D eigenvalue weighted by molar-refractivity contribution is 0.426. The summed E-state index contributed by atoms with van der Waals surface area (Å²) in [6.45, 7) is 0. The zero-order valence-electron chi connectivity index (χ0n) is 10.7. The molecule has 4 rings (SSSR count). The summed E-state index contributed by atoms with van der Waals surface area (Å²) in [5, 5.41) is 22.3. The smallest absolute Gasteiger partial charge is 0.262 e. The van der Waals surface area contributed by atoms with Crippen LogP contribution in [0.25, 0.3) is 33.9 Å². The highest BCUT2D eigenvalue weighted by atomic mass is 16.5. The maximum absolute atomic E-state index is 10.4. The molecule has 0 radical (unpaired) electrons. The van der Waals surface area contributed by atoms with Gasteiger partial charge in [-0.3, -0.25) is 5.10 Å². The van der Waals surface area contributed by atoms with E-state index in [1.165, 1.54) is 6.33 Å². The van der Waals surface area contributed by atoms with E-state index in [0.29, 0.717) is 11.4 Å². The molecule has 0 aliphatic rings. The van der Waals surface area contributed by atoms with Crippen LogP contribution in [-0.4, -0.2) is 30.4 Å². The molecule has 4 aromatic rings. The van der Waals surface area contributed by atoms with Crippen LogP contribution in [-0.2, 0) is 0 Å². The van der Waals surface area contributed by atoms with E-state index in [-0.39, 0.29) is 17.5 Å². The molecule has 7 heteroatoms. The van der Waals surface area contributed by atoms with Crippen LogP contribution in [0.3, 0.4) is 0 Å². The van der Waals surface area contributed by atoms with E-state index in [0.717, 1.165) is 10.8 Å². The van der Waals surface area contributed by atoms with Crippen LogP contribution in [0.2, 0.25) is 0 Å². The Morgan fingerprint density at radius 2 is 2.00 bits per heavy atom. The lowest BCUT2D eigenvalue weighted by atomic mass is 10.1. The Kier molecular flexibility index (Phi) is 2.43. The molecule has 2 N–H and O–H groups in total. The van der Waals surface area contributed by atoms with Crippen LogP contribution in [0.5, 0.6) is 5.75 Å². The molecule has 0 fully saturated rings. The van der Waals surface area contributed by atoms with Crippen molar-refractivity contribution in [2.45, 2.75) is 0 Å². The molecule has 0 amide bonds. The molecule has 0 saturated heterocycles. The van der Waals surface area contributed by atoms with E-state index in [1.54, 1.807) is 6.07 Å².